The van der Waals surface area contributed by atoms with Gasteiger partial charge in [-0.1, -0.05) is 6.07 Å². The Morgan fingerprint density at radius 1 is 1.10 bits per heavy atom. The number of ether oxygens (including phenoxy) is 3. The quantitative estimate of drug-likeness (QED) is 0.178. The zero-order chi connectivity index (χ0) is 28.4. The van der Waals surface area contributed by atoms with Gasteiger partial charge in [0.05, 0.1) is 11.8 Å². The number of aliphatic hydroxyl groups is 1. The molecule has 4 amide bonds. The maximum absolute atomic E-state index is 12.6. The van der Waals surface area contributed by atoms with Crippen LogP contribution in [0.25, 0.3) is 0 Å². The molecule has 4 N–H and O–H groups in total. The van der Waals surface area contributed by atoms with E-state index in [1.165, 1.54) is 24.3 Å². The normalized spacial score (nSPS) is 20.4. The Labute approximate surface area is 222 Å². The van der Waals surface area contributed by atoms with Crippen molar-refractivity contribution in [3.8, 4) is 5.75 Å². The third-order valence-electron chi connectivity index (χ3n) is 5.80. The third-order valence-corrected chi connectivity index (χ3v) is 5.80. The smallest absolute Gasteiger partial charge is 0.333 e. The van der Waals surface area contributed by atoms with Gasteiger partial charge in [0, 0.05) is 50.9 Å². The lowest BCUT2D eigenvalue weighted by Gasteiger charge is -2.31. The molecule has 0 radical (unpaired) electrons. The number of carboxylic acid groups (broad SMARTS) is 1. The van der Waals surface area contributed by atoms with E-state index in [0.717, 1.165) is 4.90 Å². The van der Waals surface area contributed by atoms with Crippen LogP contribution in [0.3, 0.4) is 0 Å². The van der Waals surface area contributed by atoms with E-state index in [-0.39, 0.29) is 75.6 Å². The van der Waals surface area contributed by atoms with Gasteiger partial charge >= 0.3 is 5.97 Å². The maximum atomic E-state index is 12.6. The van der Waals surface area contributed by atoms with Gasteiger partial charge in [0.25, 0.3) is 18.3 Å². The number of benzene rings is 1. The summed E-state index contributed by atoms with van der Waals surface area (Å²) in [5.74, 6) is -2.79. The highest BCUT2D eigenvalue weighted by Gasteiger charge is 2.34. The largest absolute Gasteiger partial charge is 0.479 e. The highest BCUT2D eigenvalue weighted by molar-refractivity contribution is 6.12. The van der Waals surface area contributed by atoms with Gasteiger partial charge in [-0.15, -0.1) is 0 Å². The molecule has 3 rings (SSSR count). The van der Waals surface area contributed by atoms with E-state index in [4.69, 9.17) is 14.2 Å². The zero-order valence-electron chi connectivity index (χ0n) is 20.9. The van der Waals surface area contributed by atoms with Gasteiger partial charge in [0.15, 0.2) is 6.10 Å². The summed E-state index contributed by atoms with van der Waals surface area (Å²) >= 11 is 0. The van der Waals surface area contributed by atoms with Crippen LogP contribution in [-0.2, 0) is 44.8 Å². The molecule has 14 nitrogen and oxygen atoms in total. The van der Waals surface area contributed by atoms with Crippen molar-refractivity contribution in [1.29, 1.82) is 0 Å². The van der Waals surface area contributed by atoms with Crippen molar-refractivity contribution in [1.82, 2.24) is 10.2 Å². The highest BCUT2D eigenvalue weighted by Crippen LogP contribution is 2.30. The van der Waals surface area contributed by atoms with Crippen molar-refractivity contribution >= 4 is 41.8 Å². The number of carboxylic acids is 1. The summed E-state index contributed by atoms with van der Waals surface area (Å²) in [6.45, 7) is 0.316. The van der Waals surface area contributed by atoms with Crippen LogP contribution in [0.4, 0.5) is 5.69 Å². The van der Waals surface area contributed by atoms with Crippen molar-refractivity contribution < 1.29 is 53.2 Å². The number of rotatable bonds is 14. The van der Waals surface area contributed by atoms with Gasteiger partial charge < -0.3 is 35.1 Å². The van der Waals surface area contributed by atoms with Crippen LogP contribution >= 0.6 is 0 Å². The Morgan fingerprint density at radius 3 is 2.54 bits per heavy atom. The summed E-state index contributed by atoms with van der Waals surface area (Å²) in [5.41, 5.74) is 0.707. The predicted molar refractivity (Wildman–Crippen MR) is 131 cm³/mol. The number of imide groups is 1. The fourth-order valence-electron chi connectivity index (χ4n) is 3.90. The molecule has 39 heavy (non-hydrogen) atoms. The van der Waals surface area contributed by atoms with Crippen LogP contribution in [0, 0.1) is 0 Å². The Hall–Kier alpha value is -4.30. The molecule has 14 heteroatoms. The topological polar surface area (TPSA) is 198 Å². The lowest BCUT2D eigenvalue weighted by Crippen LogP contribution is -2.42. The molecular weight excluding hydrogens is 518 g/mol. The average Bonchev–Trinajstić information content (AvgIpc) is 3.20. The molecule has 1 aromatic rings. The second-order valence-corrected chi connectivity index (χ2v) is 8.79. The number of nitrogens with one attached hydrogen (secondary N) is 2. The number of nitrogens with zero attached hydrogens (tertiary/aromatic N) is 1. The third kappa shape index (κ3) is 8.90. The molecule has 0 aromatic heterocycles. The van der Waals surface area contributed by atoms with E-state index in [2.05, 4.69) is 10.6 Å². The van der Waals surface area contributed by atoms with Crippen LogP contribution in [0.5, 0.6) is 5.75 Å². The van der Waals surface area contributed by atoms with E-state index in [1.807, 2.05) is 0 Å². The summed E-state index contributed by atoms with van der Waals surface area (Å²) in [5, 5.41) is 24.4. The monoisotopic (exact) mass is 547 g/mol. The number of carbonyl (C=O) groups excluding carboxylic acids is 5. The first-order chi connectivity index (χ1) is 18.7. The Balaban J connectivity index is 1.52. The molecule has 2 heterocycles. The second kappa shape index (κ2) is 14.0. The average molecular weight is 548 g/mol. The number of carbonyl (C=O) groups is 6. The number of aliphatic hydroxyl groups excluding tert-OH is 1. The lowest BCUT2D eigenvalue weighted by atomic mass is 10.1. The molecule has 3 atom stereocenters. The van der Waals surface area contributed by atoms with Gasteiger partial charge in [0.1, 0.15) is 12.4 Å². The minimum atomic E-state index is -1.26. The summed E-state index contributed by atoms with van der Waals surface area (Å²) < 4.78 is 15.9. The van der Waals surface area contributed by atoms with Gasteiger partial charge in [-0.05, 0) is 24.1 Å². The van der Waals surface area contributed by atoms with E-state index in [0.29, 0.717) is 5.56 Å². The minimum Gasteiger partial charge on any atom is -0.479 e. The van der Waals surface area contributed by atoms with E-state index in [9.17, 15) is 39.0 Å². The molecule has 0 aliphatic carbocycles. The molecule has 2 aliphatic heterocycles. The fourth-order valence-corrected chi connectivity index (χ4v) is 3.90. The van der Waals surface area contributed by atoms with Crippen molar-refractivity contribution in [3.63, 3.8) is 0 Å². The minimum absolute atomic E-state index is 0.00972. The number of hydrogen-bond donors (Lipinski definition) is 4. The SMILES string of the molecule is O=COCc1ccc(O[C@H]2CC(O)CC(C(=O)O)O2)c(NC(=O)CCNC(=O)CCCN2C(=O)C=CC2=O)c1. The summed E-state index contributed by atoms with van der Waals surface area (Å²) in [4.78, 5) is 70.6. The predicted octanol–water partition coefficient (Wildman–Crippen LogP) is -0.161. The van der Waals surface area contributed by atoms with Crippen LogP contribution in [0.2, 0.25) is 0 Å². The number of hydrogen-bond acceptors (Lipinski definition) is 10. The van der Waals surface area contributed by atoms with Gasteiger partial charge in [-0.25, -0.2) is 4.79 Å². The summed E-state index contributed by atoms with van der Waals surface area (Å²) in [7, 11) is 0. The summed E-state index contributed by atoms with van der Waals surface area (Å²) in [6, 6.07) is 4.55. The van der Waals surface area contributed by atoms with Crippen LogP contribution in [-0.4, -0.2) is 82.8 Å². The van der Waals surface area contributed by atoms with Crippen molar-refractivity contribution in [3.05, 3.63) is 35.9 Å². The van der Waals surface area contributed by atoms with E-state index < -0.39 is 42.2 Å². The fraction of sp³-hybridized carbons (Fsp3) is 0.440. The molecule has 1 fully saturated rings. The van der Waals surface area contributed by atoms with Crippen LogP contribution < -0.4 is 15.4 Å². The molecule has 0 saturated carbocycles. The molecule has 1 saturated heterocycles. The summed E-state index contributed by atoms with van der Waals surface area (Å²) in [6.07, 6.45) is -0.825. The first-order valence-corrected chi connectivity index (χ1v) is 12.2. The maximum Gasteiger partial charge on any atom is 0.333 e. The Bertz CT molecular complexity index is 1120. The first-order valence-electron chi connectivity index (χ1n) is 12.2. The van der Waals surface area contributed by atoms with Crippen molar-refractivity contribution in [2.24, 2.45) is 0 Å². The molecule has 210 valence electrons. The molecule has 2 aliphatic rings. The van der Waals surface area contributed by atoms with E-state index >= 15 is 0 Å². The van der Waals surface area contributed by atoms with Crippen molar-refractivity contribution in [2.45, 2.75) is 57.2 Å². The zero-order valence-corrected chi connectivity index (χ0v) is 20.9. The van der Waals surface area contributed by atoms with Crippen LogP contribution in [0.15, 0.2) is 30.4 Å². The van der Waals surface area contributed by atoms with Crippen LogP contribution in [0.1, 0.15) is 37.7 Å². The number of anilines is 1. The van der Waals surface area contributed by atoms with Gasteiger partial charge in [-0.3, -0.25) is 28.9 Å². The second-order valence-electron chi connectivity index (χ2n) is 8.79. The van der Waals surface area contributed by atoms with Gasteiger partial charge in [0.2, 0.25) is 18.1 Å². The highest BCUT2D eigenvalue weighted by atomic mass is 16.7. The first kappa shape index (κ1) is 29.3. The number of amides is 4. The van der Waals surface area contributed by atoms with Gasteiger partial charge in [-0.2, -0.15) is 0 Å². The Kier molecular flexibility index (Phi) is 10.5. The molecule has 1 aromatic carbocycles. The number of aliphatic carboxylic acids is 1. The molecule has 0 bridgehead atoms. The molecule has 0 spiro atoms. The standard InChI is InChI=1S/C25H29N3O11/c29-14-37-13-15-3-4-18(38-24-12-16(30)11-19(39-24)25(35)36)17(10-15)27-21(32)7-8-26-20(31)2-1-9-28-22(33)5-6-23(28)34/h3-6,10,14,16,19,24,30H,1-2,7-9,11-13H2,(H,26,31)(H,27,32)(H,35,36)/t16?,19?,24-/m1/s1. The Morgan fingerprint density at radius 2 is 1.85 bits per heavy atom. The van der Waals surface area contributed by atoms with E-state index in [1.54, 1.807) is 6.07 Å². The lowest BCUT2D eigenvalue weighted by molar-refractivity contribution is -0.195. The molecule has 2 unspecified atom stereocenters. The molecular formula is C25H29N3O11. The van der Waals surface area contributed by atoms with Crippen molar-refractivity contribution in [2.75, 3.05) is 18.4 Å².